The van der Waals surface area contributed by atoms with Crippen LogP contribution in [0.25, 0.3) is 0 Å². The Hall–Kier alpha value is -0.900. The van der Waals surface area contributed by atoms with Crippen molar-refractivity contribution in [2.45, 2.75) is 32.1 Å². The standard InChI is InChI=1S/C18H29N3O3.HI/c1-19-18(20-8-11-22-2)21-13-15-4-3-5-16(12-15)14-24-17-6-9-23-10-7-17;/h3-5,12,17H,6-11,13-14H2,1-2H3,(H2,19,20,21);1H. The van der Waals surface area contributed by atoms with Crippen LogP contribution < -0.4 is 10.6 Å². The number of nitrogens with zero attached hydrogens (tertiary/aromatic N) is 1. The highest BCUT2D eigenvalue weighted by atomic mass is 127. The van der Waals surface area contributed by atoms with Gasteiger partial charge < -0.3 is 24.8 Å². The molecule has 1 aromatic rings. The van der Waals surface area contributed by atoms with Crippen molar-refractivity contribution in [2.24, 2.45) is 4.99 Å². The van der Waals surface area contributed by atoms with Crippen molar-refractivity contribution in [1.82, 2.24) is 10.6 Å². The van der Waals surface area contributed by atoms with Gasteiger partial charge >= 0.3 is 0 Å². The zero-order chi connectivity index (χ0) is 17.0. The lowest BCUT2D eigenvalue weighted by Crippen LogP contribution is -2.38. The molecule has 0 aliphatic carbocycles. The largest absolute Gasteiger partial charge is 0.383 e. The highest BCUT2D eigenvalue weighted by Crippen LogP contribution is 2.14. The third-order valence-corrected chi connectivity index (χ3v) is 3.93. The average molecular weight is 463 g/mol. The monoisotopic (exact) mass is 463 g/mol. The van der Waals surface area contributed by atoms with Gasteiger partial charge in [0, 0.05) is 40.5 Å². The van der Waals surface area contributed by atoms with E-state index in [2.05, 4.69) is 39.9 Å². The zero-order valence-corrected chi connectivity index (χ0v) is 17.5. The first-order valence-corrected chi connectivity index (χ1v) is 8.52. The van der Waals surface area contributed by atoms with Crippen LogP contribution in [-0.2, 0) is 27.4 Å². The number of hydrogen-bond donors (Lipinski definition) is 2. The van der Waals surface area contributed by atoms with Crippen molar-refractivity contribution < 1.29 is 14.2 Å². The Bertz CT molecular complexity index is 508. The maximum atomic E-state index is 5.99. The van der Waals surface area contributed by atoms with E-state index in [1.54, 1.807) is 14.2 Å². The van der Waals surface area contributed by atoms with Gasteiger partial charge in [0.1, 0.15) is 0 Å². The second-order valence-corrected chi connectivity index (χ2v) is 5.79. The Kier molecular flexibility index (Phi) is 11.8. The molecule has 0 bridgehead atoms. The SMILES string of the molecule is CN=C(NCCOC)NCc1cccc(COC2CCOCC2)c1.I. The Morgan fingerprint density at radius 2 is 2.00 bits per heavy atom. The fraction of sp³-hybridized carbons (Fsp3) is 0.611. The van der Waals surface area contributed by atoms with E-state index in [1.165, 1.54) is 11.1 Å². The van der Waals surface area contributed by atoms with Crippen molar-refractivity contribution in [3.05, 3.63) is 35.4 Å². The molecule has 1 saturated heterocycles. The van der Waals surface area contributed by atoms with Gasteiger partial charge in [0.05, 0.1) is 19.3 Å². The van der Waals surface area contributed by atoms with E-state index in [1.807, 2.05) is 0 Å². The molecule has 1 heterocycles. The molecule has 0 atom stereocenters. The van der Waals surface area contributed by atoms with Crippen molar-refractivity contribution in [3.63, 3.8) is 0 Å². The predicted octanol–water partition coefficient (Wildman–Crippen LogP) is 2.31. The lowest BCUT2D eigenvalue weighted by Gasteiger charge is -2.22. The summed E-state index contributed by atoms with van der Waals surface area (Å²) in [6, 6.07) is 8.46. The van der Waals surface area contributed by atoms with E-state index in [4.69, 9.17) is 14.2 Å². The summed E-state index contributed by atoms with van der Waals surface area (Å²) >= 11 is 0. The van der Waals surface area contributed by atoms with Crippen LogP contribution in [0.2, 0.25) is 0 Å². The van der Waals surface area contributed by atoms with Gasteiger partial charge in [-0.3, -0.25) is 4.99 Å². The lowest BCUT2D eigenvalue weighted by atomic mass is 10.1. The van der Waals surface area contributed by atoms with Crippen LogP contribution in [0.1, 0.15) is 24.0 Å². The van der Waals surface area contributed by atoms with Gasteiger partial charge in [-0.2, -0.15) is 0 Å². The van der Waals surface area contributed by atoms with Gasteiger partial charge in [-0.05, 0) is 24.0 Å². The first-order valence-electron chi connectivity index (χ1n) is 8.52. The average Bonchev–Trinajstić information content (AvgIpc) is 2.64. The molecule has 6 nitrogen and oxygen atoms in total. The molecule has 142 valence electrons. The van der Waals surface area contributed by atoms with Gasteiger partial charge in [0.25, 0.3) is 0 Å². The number of hydrogen-bond acceptors (Lipinski definition) is 4. The zero-order valence-electron chi connectivity index (χ0n) is 15.1. The molecule has 1 aliphatic heterocycles. The quantitative estimate of drug-likeness (QED) is 0.268. The summed E-state index contributed by atoms with van der Waals surface area (Å²) in [4.78, 5) is 4.20. The van der Waals surface area contributed by atoms with Crippen LogP contribution in [0.3, 0.4) is 0 Å². The van der Waals surface area contributed by atoms with E-state index in [0.717, 1.165) is 45.1 Å². The van der Waals surface area contributed by atoms with E-state index >= 15 is 0 Å². The van der Waals surface area contributed by atoms with Crippen molar-refractivity contribution >= 4 is 29.9 Å². The molecular formula is C18H30IN3O3. The van der Waals surface area contributed by atoms with Crippen LogP contribution in [0.15, 0.2) is 29.3 Å². The Morgan fingerprint density at radius 3 is 2.72 bits per heavy atom. The van der Waals surface area contributed by atoms with E-state index in [-0.39, 0.29) is 24.0 Å². The number of nitrogens with one attached hydrogen (secondary N) is 2. The molecule has 25 heavy (non-hydrogen) atoms. The Morgan fingerprint density at radius 1 is 1.24 bits per heavy atom. The van der Waals surface area contributed by atoms with Crippen LogP contribution in [-0.4, -0.2) is 52.6 Å². The normalized spacial score (nSPS) is 15.5. The lowest BCUT2D eigenvalue weighted by molar-refractivity contribution is -0.0390. The van der Waals surface area contributed by atoms with Gasteiger partial charge in [0.15, 0.2) is 5.96 Å². The second-order valence-electron chi connectivity index (χ2n) is 5.79. The summed E-state index contributed by atoms with van der Waals surface area (Å²) in [5.74, 6) is 0.774. The van der Waals surface area contributed by atoms with E-state index < -0.39 is 0 Å². The smallest absolute Gasteiger partial charge is 0.191 e. The minimum Gasteiger partial charge on any atom is -0.383 e. The molecule has 0 spiro atoms. The van der Waals surface area contributed by atoms with Crippen LogP contribution in [0.4, 0.5) is 0 Å². The second kappa shape index (κ2) is 13.3. The molecule has 0 amide bonds. The molecule has 0 aromatic heterocycles. The summed E-state index contributed by atoms with van der Waals surface area (Å²) in [5, 5.41) is 6.50. The number of methoxy groups -OCH3 is 1. The summed E-state index contributed by atoms with van der Waals surface area (Å²) in [7, 11) is 3.45. The first-order chi connectivity index (χ1) is 11.8. The van der Waals surface area contributed by atoms with Crippen molar-refractivity contribution in [3.8, 4) is 0 Å². The van der Waals surface area contributed by atoms with Crippen LogP contribution in [0.5, 0.6) is 0 Å². The maximum absolute atomic E-state index is 5.99. The summed E-state index contributed by atoms with van der Waals surface area (Å²) in [6.45, 7) is 4.37. The molecule has 2 rings (SSSR count). The molecule has 1 fully saturated rings. The highest BCUT2D eigenvalue weighted by Gasteiger charge is 2.14. The maximum Gasteiger partial charge on any atom is 0.191 e. The third kappa shape index (κ3) is 8.84. The van der Waals surface area contributed by atoms with Gasteiger partial charge in [-0.1, -0.05) is 24.3 Å². The minimum atomic E-state index is 0. The minimum absolute atomic E-state index is 0. The fourth-order valence-electron chi connectivity index (χ4n) is 2.56. The molecule has 0 unspecified atom stereocenters. The topological polar surface area (TPSA) is 64.1 Å². The third-order valence-electron chi connectivity index (χ3n) is 3.93. The molecule has 0 radical (unpaired) electrons. The Labute approximate surface area is 167 Å². The number of ether oxygens (including phenoxy) is 3. The van der Waals surface area contributed by atoms with Crippen molar-refractivity contribution in [2.75, 3.05) is 40.5 Å². The van der Waals surface area contributed by atoms with Crippen LogP contribution >= 0.6 is 24.0 Å². The number of guanidine groups is 1. The molecule has 0 saturated carbocycles. The number of rotatable bonds is 8. The van der Waals surface area contributed by atoms with E-state index in [9.17, 15) is 0 Å². The van der Waals surface area contributed by atoms with Gasteiger partial charge in [-0.25, -0.2) is 0 Å². The highest BCUT2D eigenvalue weighted by molar-refractivity contribution is 14.0. The molecule has 7 heteroatoms. The van der Waals surface area contributed by atoms with Gasteiger partial charge in [-0.15, -0.1) is 24.0 Å². The summed E-state index contributed by atoms with van der Waals surface area (Å²) in [6.07, 6.45) is 2.31. The van der Waals surface area contributed by atoms with Crippen molar-refractivity contribution in [1.29, 1.82) is 0 Å². The number of benzene rings is 1. The molecule has 2 N–H and O–H groups in total. The number of aliphatic imine (C=N–C) groups is 1. The summed E-state index contributed by atoms with van der Waals surface area (Å²) < 4.78 is 16.4. The summed E-state index contributed by atoms with van der Waals surface area (Å²) in [5.41, 5.74) is 2.40. The molecule has 1 aromatic carbocycles. The van der Waals surface area contributed by atoms with E-state index in [0.29, 0.717) is 19.3 Å². The fourth-order valence-corrected chi connectivity index (χ4v) is 2.56. The van der Waals surface area contributed by atoms with Gasteiger partial charge in [0.2, 0.25) is 0 Å². The molecular weight excluding hydrogens is 433 g/mol. The number of halogens is 1. The Balaban J connectivity index is 0.00000312. The predicted molar refractivity (Wildman–Crippen MR) is 111 cm³/mol. The first kappa shape index (κ1) is 22.1. The molecule has 1 aliphatic rings. The van der Waals surface area contributed by atoms with Crippen LogP contribution in [0, 0.1) is 0 Å².